The number of thioether (sulfide) groups is 1. The average molecular weight is 444 g/mol. The molecule has 0 saturated carbocycles. The van der Waals surface area contributed by atoms with Gasteiger partial charge in [-0.3, -0.25) is 14.5 Å². The Morgan fingerprint density at radius 1 is 1.31 bits per heavy atom. The average Bonchev–Trinajstić information content (AvgIpc) is 2.82. The van der Waals surface area contributed by atoms with Crippen LogP contribution in [0.15, 0.2) is 21.5 Å². The van der Waals surface area contributed by atoms with Crippen molar-refractivity contribution in [3.63, 3.8) is 0 Å². The lowest BCUT2D eigenvalue weighted by atomic mass is 10.1. The number of hydrogen-bond donors (Lipinski definition) is 0. The van der Waals surface area contributed by atoms with Crippen LogP contribution in [0.4, 0.5) is 4.79 Å². The van der Waals surface area contributed by atoms with Crippen molar-refractivity contribution in [3.05, 3.63) is 27.1 Å². The van der Waals surface area contributed by atoms with Crippen LogP contribution in [0.3, 0.4) is 0 Å². The third kappa shape index (κ3) is 5.02. The predicted molar refractivity (Wildman–Crippen MR) is 106 cm³/mol. The molecule has 8 heteroatoms. The molecule has 1 saturated heterocycles. The maximum Gasteiger partial charge on any atom is 0.293 e. The molecule has 0 radical (unpaired) electrons. The summed E-state index contributed by atoms with van der Waals surface area (Å²) in [4.78, 5) is 26.0. The number of amides is 2. The summed E-state index contributed by atoms with van der Waals surface area (Å²) in [5, 5.41) is -0.290. The Kier molecular flexibility index (Phi) is 7.55. The minimum atomic E-state index is -0.311. The largest absolute Gasteiger partial charge is 0.490 e. The van der Waals surface area contributed by atoms with E-state index in [4.69, 9.17) is 14.2 Å². The summed E-state index contributed by atoms with van der Waals surface area (Å²) in [5.41, 5.74) is 0.744. The van der Waals surface area contributed by atoms with Crippen molar-refractivity contribution in [2.75, 3.05) is 26.9 Å². The van der Waals surface area contributed by atoms with Gasteiger partial charge in [-0.05, 0) is 72.2 Å². The fourth-order valence-electron chi connectivity index (χ4n) is 2.31. The summed E-state index contributed by atoms with van der Waals surface area (Å²) >= 11 is 4.42. The number of nitrogens with zero attached hydrogens (tertiary/aromatic N) is 1. The van der Waals surface area contributed by atoms with Crippen LogP contribution in [-0.4, -0.2) is 49.0 Å². The quantitative estimate of drug-likeness (QED) is 0.557. The molecule has 0 N–H and O–H groups in total. The highest BCUT2D eigenvalue weighted by atomic mass is 79.9. The van der Waals surface area contributed by atoms with E-state index in [1.807, 2.05) is 26.8 Å². The maximum absolute atomic E-state index is 12.4. The molecular formula is C18H22BrNO5S. The highest BCUT2D eigenvalue weighted by Gasteiger charge is 2.34. The lowest BCUT2D eigenvalue weighted by Gasteiger charge is -2.17. The van der Waals surface area contributed by atoms with Gasteiger partial charge in [0.05, 0.1) is 35.2 Å². The molecule has 1 fully saturated rings. The van der Waals surface area contributed by atoms with Gasteiger partial charge in [-0.15, -0.1) is 0 Å². The van der Waals surface area contributed by atoms with Crippen LogP contribution in [0, 0.1) is 0 Å². The van der Waals surface area contributed by atoms with Gasteiger partial charge >= 0.3 is 0 Å². The summed E-state index contributed by atoms with van der Waals surface area (Å²) in [5.74, 6) is 0.890. The molecule has 2 rings (SSSR count). The Morgan fingerprint density at radius 3 is 2.65 bits per heavy atom. The number of carbonyl (C=O) groups is 2. The van der Waals surface area contributed by atoms with E-state index < -0.39 is 0 Å². The number of rotatable bonds is 8. The molecule has 0 aromatic heterocycles. The van der Waals surface area contributed by atoms with E-state index in [2.05, 4.69) is 15.9 Å². The summed E-state index contributed by atoms with van der Waals surface area (Å²) in [7, 11) is 1.53. The van der Waals surface area contributed by atoms with Gasteiger partial charge in [0.25, 0.3) is 11.1 Å². The van der Waals surface area contributed by atoms with Gasteiger partial charge in [0.15, 0.2) is 11.5 Å². The van der Waals surface area contributed by atoms with E-state index in [1.54, 1.807) is 12.1 Å². The SMILES string of the molecule is CCOc1cc(/C=C2/SC(=O)N(CCOC)C2=O)cc(Br)c1OC(C)C. The van der Waals surface area contributed by atoms with E-state index in [0.29, 0.717) is 29.6 Å². The van der Waals surface area contributed by atoms with Gasteiger partial charge in [-0.2, -0.15) is 0 Å². The van der Waals surface area contributed by atoms with Gasteiger partial charge in [0, 0.05) is 7.11 Å². The fraction of sp³-hybridized carbons (Fsp3) is 0.444. The van der Waals surface area contributed by atoms with Crippen molar-refractivity contribution in [1.29, 1.82) is 0 Å². The van der Waals surface area contributed by atoms with Gasteiger partial charge in [-0.1, -0.05) is 0 Å². The van der Waals surface area contributed by atoms with E-state index in [-0.39, 0.29) is 23.8 Å². The van der Waals surface area contributed by atoms with Crippen LogP contribution in [0.25, 0.3) is 6.08 Å². The third-order valence-corrected chi connectivity index (χ3v) is 4.87. The molecule has 26 heavy (non-hydrogen) atoms. The Morgan fingerprint density at radius 2 is 2.04 bits per heavy atom. The molecule has 1 aliphatic rings. The van der Waals surface area contributed by atoms with Crippen molar-refractivity contribution in [2.24, 2.45) is 0 Å². The smallest absolute Gasteiger partial charge is 0.293 e. The van der Waals surface area contributed by atoms with Gasteiger partial charge < -0.3 is 14.2 Å². The van der Waals surface area contributed by atoms with Gasteiger partial charge in [0.2, 0.25) is 0 Å². The van der Waals surface area contributed by atoms with Crippen LogP contribution < -0.4 is 9.47 Å². The van der Waals surface area contributed by atoms with E-state index in [0.717, 1.165) is 21.8 Å². The summed E-state index contributed by atoms with van der Waals surface area (Å²) in [6.45, 7) is 6.80. The van der Waals surface area contributed by atoms with Crippen LogP contribution in [0.1, 0.15) is 26.3 Å². The Balaban J connectivity index is 2.32. The zero-order valence-corrected chi connectivity index (χ0v) is 17.6. The third-order valence-electron chi connectivity index (χ3n) is 3.38. The first-order valence-electron chi connectivity index (χ1n) is 8.24. The van der Waals surface area contributed by atoms with Crippen LogP contribution in [0.5, 0.6) is 11.5 Å². The molecule has 0 atom stereocenters. The molecular weight excluding hydrogens is 422 g/mol. The highest BCUT2D eigenvalue weighted by molar-refractivity contribution is 9.10. The molecule has 1 heterocycles. The Bertz CT molecular complexity index is 720. The van der Waals surface area contributed by atoms with E-state index >= 15 is 0 Å². The standard InChI is InChI=1S/C18H22BrNO5S/c1-5-24-14-9-12(8-13(19)16(14)25-11(2)3)10-15-17(21)20(6-7-23-4)18(22)26-15/h8-11H,5-7H2,1-4H3/b15-10+. The second-order valence-corrected chi connectivity index (χ2v) is 7.60. The van der Waals surface area contributed by atoms with Crippen molar-refractivity contribution >= 4 is 44.9 Å². The Hall–Kier alpha value is -1.51. The summed E-state index contributed by atoms with van der Waals surface area (Å²) in [6.07, 6.45) is 1.68. The minimum Gasteiger partial charge on any atom is -0.490 e. The number of imide groups is 1. The van der Waals surface area contributed by atoms with Crippen molar-refractivity contribution in [1.82, 2.24) is 4.90 Å². The number of carbonyl (C=O) groups excluding carboxylic acids is 2. The number of methoxy groups -OCH3 is 1. The lowest BCUT2D eigenvalue weighted by molar-refractivity contribution is -0.123. The first-order chi connectivity index (χ1) is 12.4. The van der Waals surface area contributed by atoms with Crippen molar-refractivity contribution < 1.29 is 23.8 Å². The fourth-order valence-corrected chi connectivity index (χ4v) is 3.73. The monoisotopic (exact) mass is 443 g/mol. The summed E-state index contributed by atoms with van der Waals surface area (Å²) < 4.78 is 17.2. The molecule has 1 aromatic carbocycles. The van der Waals surface area contributed by atoms with Crippen molar-refractivity contribution in [3.8, 4) is 11.5 Å². The first-order valence-corrected chi connectivity index (χ1v) is 9.85. The molecule has 142 valence electrons. The number of ether oxygens (including phenoxy) is 3. The molecule has 1 aromatic rings. The highest BCUT2D eigenvalue weighted by Crippen LogP contribution is 2.39. The van der Waals surface area contributed by atoms with Gasteiger partial charge in [0.1, 0.15) is 0 Å². The Labute approximate surface area is 166 Å². The van der Waals surface area contributed by atoms with Crippen LogP contribution in [0.2, 0.25) is 0 Å². The topological polar surface area (TPSA) is 65.1 Å². The minimum absolute atomic E-state index is 0.00589. The second-order valence-electron chi connectivity index (χ2n) is 5.76. The van der Waals surface area contributed by atoms with E-state index in [1.165, 1.54) is 12.0 Å². The normalized spacial score (nSPS) is 16.1. The molecule has 2 amide bonds. The van der Waals surface area contributed by atoms with Crippen LogP contribution in [-0.2, 0) is 9.53 Å². The zero-order chi connectivity index (χ0) is 19.3. The first kappa shape index (κ1) is 20.8. The molecule has 1 aliphatic heterocycles. The van der Waals surface area contributed by atoms with Crippen molar-refractivity contribution in [2.45, 2.75) is 26.9 Å². The number of halogens is 1. The lowest BCUT2D eigenvalue weighted by Crippen LogP contribution is -2.31. The van der Waals surface area contributed by atoms with Gasteiger partial charge in [-0.25, -0.2) is 0 Å². The molecule has 0 unspecified atom stereocenters. The predicted octanol–water partition coefficient (Wildman–Crippen LogP) is 4.32. The summed E-state index contributed by atoms with van der Waals surface area (Å²) in [6, 6.07) is 3.64. The molecule has 6 nitrogen and oxygen atoms in total. The number of benzene rings is 1. The molecule has 0 aliphatic carbocycles. The maximum atomic E-state index is 12.4. The molecule has 0 bridgehead atoms. The second kappa shape index (κ2) is 9.43. The molecule has 0 spiro atoms. The number of hydrogen-bond acceptors (Lipinski definition) is 6. The van der Waals surface area contributed by atoms with Crippen LogP contribution >= 0.6 is 27.7 Å². The zero-order valence-electron chi connectivity index (χ0n) is 15.2. The van der Waals surface area contributed by atoms with E-state index in [9.17, 15) is 9.59 Å².